The van der Waals surface area contributed by atoms with Gasteiger partial charge in [-0.15, -0.1) is 0 Å². The minimum Gasteiger partial charge on any atom is -0.367 e. The van der Waals surface area contributed by atoms with E-state index in [0.29, 0.717) is 35.8 Å². The molecular formula is C18H20N6O2. The third kappa shape index (κ3) is 5.49. The number of nitriles is 1. The molecule has 0 saturated carbocycles. The number of hydrogen-bond acceptors (Lipinski definition) is 5. The molecule has 0 radical (unpaired) electrons. The van der Waals surface area contributed by atoms with Gasteiger partial charge in [-0.05, 0) is 36.8 Å². The molecule has 0 aliphatic carbocycles. The predicted molar refractivity (Wildman–Crippen MR) is 99.9 cm³/mol. The quantitative estimate of drug-likeness (QED) is 0.596. The molecule has 1 aromatic carbocycles. The van der Waals surface area contributed by atoms with Crippen LogP contribution in [-0.2, 0) is 4.79 Å². The van der Waals surface area contributed by atoms with E-state index in [9.17, 15) is 9.59 Å². The number of urea groups is 1. The van der Waals surface area contributed by atoms with E-state index in [0.717, 1.165) is 5.56 Å². The van der Waals surface area contributed by atoms with Crippen molar-refractivity contribution < 1.29 is 9.59 Å². The number of nitrogens with one attached hydrogen (secondary N) is 4. The zero-order valence-corrected chi connectivity index (χ0v) is 14.6. The molecule has 0 bridgehead atoms. The Labute approximate surface area is 151 Å². The second-order valence-electron chi connectivity index (χ2n) is 5.53. The minimum absolute atomic E-state index is 0.179. The molecule has 8 nitrogen and oxygen atoms in total. The highest BCUT2D eigenvalue weighted by atomic mass is 16.2. The molecule has 8 heteroatoms. The maximum absolute atomic E-state index is 12.0. The summed E-state index contributed by atoms with van der Waals surface area (Å²) in [6.07, 6.45) is 1.59. The van der Waals surface area contributed by atoms with Crippen molar-refractivity contribution in [3.05, 3.63) is 47.7 Å². The Morgan fingerprint density at radius 1 is 1.19 bits per heavy atom. The molecule has 134 valence electrons. The van der Waals surface area contributed by atoms with Crippen LogP contribution in [0.5, 0.6) is 0 Å². The van der Waals surface area contributed by atoms with Gasteiger partial charge in [-0.3, -0.25) is 4.79 Å². The number of carbonyl (C=O) groups is 2. The fourth-order valence-corrected chi connectivity index (χ4v) is 2.20. The van der Waals surface area contributed by atoms with Crippen LogP contribution in [-0.4, -0.2) is 30.0 Å². The molecule has 1 heterocycles. The van der Waals surface area contributed by atoms with Crippen LogP contribution >= 0.6 is 0 Å². The van der Waals surface area contributed by atoms with Crippen LogP contribution in [0.2, 0.25) is 0 Å². The molecule has 1 aromatic heterocycles. The SMILES string of the molecule is CC(=O)Nc1ccc(C)c(NC(=O)NCCNc2ncccc2C#N)c1. The van der Waals surface area contributed by atoms with Crippen LogP contribution < -0.4 is 21.3 Å². The highest BCUT2D eigenvalue weighted by Crippen LogP contribution is 2.20. The Balaban J connectivity index is 1.84. The van der Waals surface area contributed by atoms with E-state index in [4.69, 9.17) is 5.26 Å². The molecule has 0 atom stereocenters. The summed E-state index contributed by atoms with van der Waals surface area (Å²) in [5, 5.41) is 20.1. The first-order valence-electron chi connectivity index (χ1n) is 8.01. The summed E-state index contributed by atoms with van der Waals surface area (Å²) in [6.45, 7) is 4.05. The molecule has 0 unspecified atom stereocenters. The molecule has 0 spiro atoms. The standard InChI is InChI=1S/C18H20N6O2/c1-12-5-6-15(23-13(2)25)10-16(12)24-18(26)22-9-8-21-17-14(11-19)4-3-7-20-17/h3-7,10H,8-9H2,1-2H3,(H,20,21)(H,23,25)(H2,22,24,26). The molecule has 0 aliphatic rings. The zero-order chi connectivity index (χ0) is 18.9. The van der Waals surface area contributed by atoms with Gasteiger partial charge >= 0.3 is 6.03 Å². The summed E-state index contributed by atoms with van der Waals surface area (Å²) in [7, 11) is 0. The fourth-order valence-electron chi connectivity index (χ4n) is 2.20. The molecule has 0 fully saturated rings. The number of aryl methyl sites for hydroxylation is 1. The smallest absolute Gasteiger partial charge is 0.319 e. The van der Waals surface area contributed by atoms with Gasteiger partial charge in [0.2, 0.25) is 5.91 Å². The third-order valence-corrected chi connectivity index (χ3v) is 3.44. The largest absolute Gasteiger partial charge is 0.367 e. The summed E-state index contributed by atoms with van der Waals surface area (Å²) in [6, 6.07) is 10.3. The number of benzene rings is 1. The first-order valence-corrected chi connectivity index (χ1v) is 8.01. The fraction of sp³-hybridized carbons (Fsp3) is 0.222. The van der Waals surface area contributed by atoms with Crippen LogP contribution in [0.25, 0.3) is 0 Å². The molecule has 3 amide bonds. The van der Waals surface area contributed by atoms with Gasteiger partial charge in [-0.1, -0.05) is 6.07 Å². The summed E-state index contributed by atoms with van der Waals surface area (Å²) in [5.41, 5.74) is 2.54. The third-order valence-electron chi connectivity index (χ3n) is 3.44. The van der Waals surface area contributed by atoms with Crippen molar-refractivity contribution in [3.8, 4) is 6.07 Å². The van der Waals surface area contributed by atoms with Gasteiger partial charge in [-0.25, -0.2) is 9.78 Å². The van der Waals surface area contributed by atoms with Crippen molar-refractivity contribution in [2.75, 3.05) is 29.0 Å². The number of amides is 3. The Kier molecular flexibility index (Phi) is 6.51. The predicted octanol–water partition coefficient (Wildman–Crippen LogP) is 2.45. The van der Waals surface area contributed by atoms with Crippen molar-refractivity contribution in [2.24, 2.45) is 0 Å². The maximum atomic E-state index is 12.0. The average molecular weight is 352 g/mol. The van der Waals surface area contributed by atoms with E-state index in [1.165, 1.54) is 6.92 Å². The van der Waals surface area contributed by atoms with Gasteiger partial charge in [0.1, 0.15) is 11.9 Å². The summed E-state index contributed by atoms with van der Waals surface area (Å²) < 4.78 is 0. The minimum atomic E-state index is -0.364. The lowest BCUT2D eigenvalue weighted by molar-refractivity contribution is -0.114. The Morgan fingerprint density at radius 2 is 2.00 bits per heavy atom. The van der Waals surface area contributed by atoms with Crippen molar-refractivity contribution in [1.29, 1.82) is 5.26 Å². The lowest BCUT2D eigenvalue weighted by Gasteiger charge is -2.12. The maximum Gasteiger partial charge on any atom is 0.319 e. The lowest BCUT2D eigenvalue weighted by atomic mass is 10.2. The first-order chi connectivity index (χ1) is 12.5. The number of rotatable bonds is 6. The van der Waals surface area contributed by atoms with Gasteiger partial charge in [-0.2, -0.15) is 5.26 Å². The molecule has 0 aliphatic heterocycles. The van der Waals surface area contributed by atoms with Crippen LogP contribution in [0.4, 0.5) is 22.0 Å². The number of nitrogens with zero attached hydrogens (tertiary/aromatic N) is 2. The van der Waals surface area contributed by atoms with E-state index in [-0.39, 0.29) is 11.9 Å². The van der Waals surface area contributed by atoms with Gasteiger partial charge in [0.15, 0.2) is 0 Å². The van der Waals surface area contributed by atoms with E-state index in [2.05, 4.69) is 26.3 Å². The Bertz CT molecular complexity index is 844. The Hall–Kier alpha value is -3.60. The number of pyridine rings is 1. The zero-order valence-electron chi connectivity index (χ0n) is 14.6. The van der Waals surface area contributed by atoms with Crippen molar-refractivity contribution in [1.82, 2.24) is 10.3 Å². The van der Waals surface area contributed by atoms with Gasteiger partial charge in [0.05, 0.1) is 5.56 Å². The van der Waals surface area contributed by atoms with Gasteiger partial charge in [0.25, 0.3) is 0 Å². The topological polar surface area (TPSA) is 119 Å². The summed E-state index contributed by atoms with van der Waals surface area (Å²) >= 11 is 0. The summed E-state index contributed by atoms with van der Waals surface area (Å²) in [5.74, 6) is 0.303. The van der Waals surface area contributed by atoms with Gasteiger partial charge in [0, 0.05) is 37.6 Å². The highest BCUT2D eigenvalue weighted by Gasteiger charge is 2.06. The summed E-state index contributed by atoms with van der Waals surface area (Å²) in [4.78, 5) is 27.2. The second kappa shape index (κ2) is 9.03. The molecular weight excluding hydrogens is 332 g/mol. The number of anilines is 3. The van der Waals surface area contributed by atoms with Crippen LogP contribution in [0.1, 0.15) is 18.1 Å². The van der Waals surface area contributed by atoms with Crippen LogP contribution in [0, 0.1) is 18.3 Å². The molecule has 2 aromatic rings. The molecule has 2 rings (SSSR count). The lowest BCUT2D eigenvalue weighted by Crippen LogP contribution is -2.33. The van der Waals surface area contributed by atoms with E-state index < -0.39 is 0 Å². The molecule has 26 heavy (non-hydrogen) atoms. The van der Waals surface area contributed by atoms with Crippen molar-refractivity contribution in [2.45, 2.75) is 13.8 Å². The highest BCUT2D eigenvalue weighted by molar-refractivity contribution is 5.93. The first kappa shape index (κ1) is 18.7. The normalized spacial score (nSPS) is 9.73. The van der Waals surface area contributed by atoms with Crippen molar-refractivity contribution >= 4 is 29.1 Å². The Morgan fingerprint density at radius 3 is 2.73 bits per heavy atom. The average Bonchev–Trinajstić information content (AvgIpc) is 2.61. The van der Waals surface area contributed by atoms with Crippen molar-refractivity contribution in [3.63, 3.8) is 0 Å². The number of hydrogen-bond donors (Lipinski definition) is 4. The molecule has 0 saturated heterocycles. The number of carbonyl (C=O) groups excluding carboxylic acids is 2. The second-order valence-corrected chi connectivity index (χ2v) is 5.53. The number of aromatic nitrogens is 1. The van der Waals surface area contributed by atoms with Crippen LogP contribution in [0.3, 0.4) is 0 Å². The van der Waals surface area contributed by atoms with Gasteiger partial charge < -0.3 is 21.3 Å². The molecule has 4 N–H and O–H groups in total. The van der Waals surface area contributed by atoms with E-state index in [1.54, 1.807) is 30.5 Å². The van der Waals surface area contributed by atoms with E-state index >= 15 is 0 Å². The van der Waals surface area contributed by atoms with E-state index in [1.807, 2.05) is 19.1 Å². The monoisotopic (exact) mass is 352 g/mol. The van der Waals surface area contributed by atoms with Crippen LogP contribution in [0.15, 0.2) is 36.5 Å².